The third-order valence-electron chi connectivity index (χ3n) is 3.73. The molecule has 0 aliphatic rings. The number of rotatable bonds is 7. The summed E-state index contributed by atoms with van der Waals surface area (Å²) in [6.07, 6.45) is 3.28. The zero-order chi connectivity index (χ0) is 16.8. The van der Waals surface area contributed by atoms with E-state index in [2.05, 4.69) is 10.4 Å². The Labute approximate surface area is 135 Å². The van der Waals surface area contributed by atoms with Gasteiger partial charge in [-0.3, -0.25) is 14.3 Å². The molecular weight excluding hydrogens is 292 g/mol. The molecule has 122 valence electrons. The smallest absolute Gasteiger partial charge is 0.252 e. The molecule has 6 nitrogen and oxygen atoms in total. The van der Waals surface area contributed by atoms with Crippen molar-refractivity contribution in [2.75, 3.05) is 0 Å². The first kappa shape index (κ1) is 16.7. The molecule has 0 saturated heterocycles. The molecule has 1 aromatic heterocycles. The van der Waals surface area contributed by atoms with Crippen molar-refractivity contribution in [3.8, 4) is 11.3 Å². The summed E-state index contributed by atoms with van der Waals surface area (Å²) in [5, 5.41) is 7.30. The van der Waals surface area contributed by atoms with Crippen LogP contribution in [0.15, 0.2) is 36.5 Å². The van der Waals surface area contributed by atoms with Crippen molar-refractivity contribution in [2.45, 2.75) is 39.3 Å². The maximum Gasteiger partial charge on any atom is 0.252 e. The van der Waals surface area contributed by atoms with Crippen molar-refractivity contribution in [3.05, 3.63) is 42.1 Å². The number of nitrogens with one attached hydrogen (secondary N) is 1. The van der Waals surface area contributed by atoms with Crippen molar-refractivity contribution >= 4 is 11.8 Å². The monoisotopic (exact) mass is 314 g/mol. The summed E-state index contributed by atoms with van der Waals surface area (Å²) in [7, 11) is 0. The normalized spacial score (nSPS) is 10.7. The lowest BCUT2D eigenvalue weighted by molar-refractivity contribution is -0.122. The number of aromatic nitrogens is 2. The molecule has 1 heterocycles. The second-order valence-corrected chi connectivity index (χ2v) is 5.40. The quantitative estimate of drug-likeness (QED) is 0.818. The summed E-state index contributed by atoms with van der Waals surface area (Å²) in [5.74, 6) is -0.688. The average Bonchev–Trinajstić information content (AvgIpc) is 2.97. The van der Waals surface area contributed by atoms with E-state index in [-0.39, 0.29) is 18.5 Å². The zero-order valence-corrected chi connectivity index (χ0v) is 13.5. The van der Waals surface area contributed by atoms with Gasteiger partial charge in [-0.05, 0) is 12.8 Å². The van der Waals surface area contributed by atoms with Gasteiger partial charge in [-0.25, -0.2) is 0 Å². The Balaban J connectivity index is 2.21. The second kappa shape index (κ2) is 7.58. The molecule has 0 radical (unpaired) electrons. The van der Waals surface area contributed by atoms with E-state index in [1.54, 1.807) is 0 Å². The molecule has 23 heavy (non-hydrogen) atoms. The molecule has 0 aliphatic heterocycles. The SMILES string of the molecule is CCC(CC)NC(=O)Cn1cc(C(N)=O)c(-c2ccccc2)n1. The molecule has 0 atom stereocenters. The van der Waals surface area contributed by atoms with Gasteiger partial charge in [0, 0.05) is 17.8 Å². The third-order valence-corrected chi connectivity index (χ3v) is 3.73. The third kappa shape index (κ3) is 4.18. The van der Waals surface area contributed by atoms with Crippen LogP contribution in [-0.4, -0.2) is 27.6 Å². The molecule has 0 aliphatic carbocycles. The molecule has 6 heteroatoms. The van der Waals surface area contributed by atoms with Crippen LogP contribution < -0.4 is 11.1 Å². The number of benzene rings is 1. The van der Waals surface area contributed by atoms with Gasteiger partial charge in [0.2, 0.25) is 5.91 Å². The molecule has 2 aromatic rings. The number of nitrogens with two attached hydrogens (primary N) is 1. The Hall–Kier alpha value is -2.63. The Morgan fingerprint density at radius 2 is 1.87 bits per heavy atom. The minimum atomic E-state index is -0.560. The number of nitrogens with zero attached hydrogens (tertiary/aromatic N) is 2. The van der Waals surface area contributed by atoms with Crippen LogP contribution in [0.5, 0.6) is 0 Å². The molecule has 0 bridgehead atoms. The van der Waals surface area contributed by atoms with Crippen molar-refractivity contribution in [2.24, 2.45) is 5.73 Å². The number of carbonyl (C=O) groups excluding carboxylic acids is 2. The van der Waals surface area contributed by atoms with Crippen LogP contribution in [0.3, 0.4) is 0 Å². The number of carbonyl (C=O) groups is 2. The van der Waals surface area contributed by atoms with Crippen LogP contribution in [0.25, 0.3) is 11.3 Å². The predicted octanol–water partition coefficient (Wildman–Crippen LogP) is 1.95. The lowest BCUT2D eigenvalue weighted by Gasteiger charge is -2.14. The van der Waals surface area contributed by atoms with Gasteiger partial charge < -0.3 is 11.1 Å². The fourth-order valence-electron chi connectivity index (χ4n) is 2.41. The summed E-state index contributed by atoms with van der Waals surface area (Å²) in [4.78, 5) is 23.7. The second-order valence-electron chi connectivity index (χ2n) is 5.40. The van der Waals surface area contributed by atoms with E-state index < -0.39 is 5.91 Å². The van der Waals surface area contributed by atoms with E-state index in [1.807, 2.05) is 44.2 Å². The summed E-state index contributed by atoms with van der Waals surface area (Å²) in [6, 6.07) is 9.46. The summed E-state index contributed by atoms with van der Waals surface area (Å²) in [5.41, 5.74) is 7.02. The van der Waals surface area contributed by atoms with E-state index in [4.69, 9.17) is 5.73 Å². The topological polar surface area (TPSA) is 90.0 Å². The van der Waals surface area contributed by atoms with Crippen LogP contribution in [-0.2, 0) is 11.3 Å². The first-order valence-corrected chi connectivity index (χ1v) is 7.77. The molecule has 3 N–H and O–H groups in total. The van der Waals surface area contributed by atoms with Crippen LogP contribution in [0.4, 0.5) is 0 Å². The van der Waals surface area contributed by atoms with Crippen molar-refractivity contribution in [1.29, 1.82) is 0 Å². The lowest BCUT2D eigenvalue weighted by atomic mass is 10.1. The number of hydrogen-bond donors (Lipinski definition) is 2. The van der Waals surface area contributed by atoms with Gasteiger partial charge in [-0.1, -0.05) is 44.2 Å². The highest BCUT2D eigenvalue weighted by atomic mass is 16.2. The Morgan fingerprint density at radius 3 is 2.43 bits per heavy atom. The van der Waals surface area contributed by atoms with E-state index in [0.717, 1.165) is 18.4 Å². The average molecular weight is 314 g/mol. The highest BCUT2D eigenvalue weighted by molar-refractivity contribution is 5.98. The molecule has 2 rings (SSSR count). The molecule has 2 amide bonds. The van der Waals surface area contributed by atoms with Gasteiger partial charge in [0.25, 0.3) is 5.91 Å². The standard InChI is InChI=1S/C17H22N4O2/c1-3-13(4-2)19-15(22)11-21-10-14(17(18)23)16(20-21)12-8-6-5-7-9-12/h5-10,13H,3-4,11H2,1-2H3,(H2,18,23)(H,19,22). The maximum atomic E-state index is 12.1. The Bertz CT molecular complexity index is 675. The van der Waals surface area contributed by atoms with Gasteiger partial charge in [-0.15, -0.1) is 0 Å². The maximum absolute atomic E-state index is 12.1. The summed E-state index contributed by atoms with van der Waals surface area (Å²) >= 11 is 0. The minimum absolute atomic E-state index is 0.0591. The fourth-order valence-corrected chi connectivity index (χ4v) is 2.41. The molecule has 0 saturated carbocycles. The van der Waals surface area contributed by atoms with Gasteiger partial charge in [0.15, 0.2) is 0 Å². The number of amides is 2. The highest BCUT2D eigenvalue weighted by Crippen LogP contribution is 2.21. The van der Waals surface area contributed by atoms with Crippen molar-refractivity contribution in [1.82, 2.24) is 15.1 Å². The van der Waals surface area contributed by atoms with E-state index in [9.17, 15) is 9.59 Å². The van der Waals surface area contributed by atoms with Crippen LogP contribution in [0, 0.1) is 0 Å². The van der Waals surface area contributed by atoms with Crippen LogP contribution >= 0.6 is 0 Å². The number of hydrogen-bond acceptors (Lipinski definition) is 3. The Morgan fingerprint density at radius 1 is 1.22 bits per heavy atom. The van der Waals surface area contributed by atoms with Crippen LogP contribution in [0.1, 0.15) is 37.0 Å². The minimum Gasteiger partial charge on any atom is -0.365 e. The van der Waals surface area contributed by atoms with E-state index >= 15 is 0 Å². The molecule has 0 spiro atoms. The molecule has 1 aromatic carbocycles. The van der Waals surface area contributed by atoms with Gasteiger partial charge >= 0.3 is 0 Å². The highest BCUT2D eigenvalue weighted by Gasteiger charge is 2.17. The lowest BCUT2D eigenvalue weighted by Crippen LogP contribution is -2.36. The molecule has 0 unspecified atom stereocenters. The summed E-state index contributed by atoms with van der Waals surface area (Å²) < 4.78 is 1.46. The zero-order valence-electron chi connectivity index (χ0n) is 13.5. The van der Waals surface area contributed by atoms with Crippen molar-refractivity contribution < 1.29 is 9.59 Å². The largest absolute Gasteiger partial charge is 0.365 e. The first-order chi connectivity index (χ1) is 11.0. The number of primary amides is 1. The van der Waals surface area contributed by atoms with Crippen molar-refractivity contribution in [3.63, 3.8) is 0 Å². The van der Waals surface area contributed by atoms with E-state index in [0.29, 0.717) is 11.3 Å². The predicted molar refractivity (Wildman–Crippen MR) is 88.7 cm³/mol. The van der Waals surface area contributed by atoms with Crippen LogP contribution in [0.2, 0.25) is 0 Å². The van der Waals surface area contributed by atoms with E-state index in [1.165, 1.54) is 10.9 Å². The van der Waals surface area contributed by atoms with Gasteiger partial charge in [-0.2, -0.15) is 5.10 Å². The fraction of sp³-hybridized carbons (Fsp3) is 0.353. The molecule has 0 fully saturated rings. The van der Waals surface area contributed by atoms with Gasteiger partial charge in [0.05, 0.1) is 5.56 Å². The Kier molecular flexibility index (Phi) is 5.51. The first-order valence-electron chi connectivity index (χ1n) is 7.77. The summed E-state index contributed by atoms with van der Waals surface area (Å²) in [6.45, 7) is 4.12. The van der Waals surface area contributed by atoms with Gasteiger partial charge in [0.1, 0.15) is 12.2 Å². The molecular formula is C17H22N4O2.